The highest BCUT2D eigenvalue weighted by Crippen LogP contribution is 2.57. The molecule has 320 valence electrons. The van der Waals surface area contributed by atoms with Gasteiger partial charge in [0.25, 0.3) is 0 Å². The molecule has 28 rings (SSSR count). The van der Waals surface area contributed by atoms with Crippen LogP contribution in [0.3, 0.4) is 0 Å². The van der Waals surface area contributed by atoms with Crippen molar-refractivity contribution in [3.63, 3.8) is 0 Å². The van der Waals surface area contributed by atoms with Crippen LogP contribution < -0.4 is 34.3 Å². The Hall–Kier alpha value is -7.59. The minimum absolute atomic E-state index is 0.0176. The Morgan fingerprint density at radius 1 is 0.469 bits per heavy atom. The number of rotatable bonds is 2. The Kier molecular flexibility index (Phi) is 10.1. The molecule has 0 aromatic heterocycles. The van der Waals surface area contributed by atoms with E-state index in [4.69, 9.17) is 28.8 Å². The molecule has 6 aromatic rings. The molecular formula is C54H41O10-3. The molecule has 20 bridgehead atoms. The second-order valence-electron chi connectivity index (χ2n) is 17.0. The molecule has 0 fully saturated rings. The van der Waals surface area contributed by atoms with Crippen molar-refractivity contribution in [2.75, 3.05) is 0 Å². The van der Waals surface area contributed by atoms with Gasteiger partial charge in [0.1, 0.15) is 49.4 Å². The molecule has 4 atom stereocenters. The van der Waals surface area contributed by atoms with E-state index in [-0.39, 0.29) is 42.1 Å². The fourth-order valence-corrected chi connectivity index (χ4v) is 10.2. The zero-order valence-corrected chi connectivity index (χ0v) is 35.3. The molecule has 0 spiro atoms. The van der Waals surface area contributed by atoms with Crippen LogP contribution in [0.25, 0.3) is 0 Å². The molecule has 64 heavy (non-hydrogen) atoms. The van der Waals surface area contributed by atoms with Gasteiger partial charge in [0.05, 0.1) is 11.9 Å². The molecular weight excluding hydrogens is 809 g/mol. The van der Waals surface area contributed by atoms with Crippen LogP contribution >= 0.6 is 0 Å². The molecule has 22 aliphatic rings. The topological polar surface area (TPSA) is 157 Å². The summed E-state index contributed by atoms with van der Waals surface area (Å²) < 4.78 is 25.2. The summed E-state index contributed by atoms with van der Waals surface area (Å²) in [6.45, 7) is 5.95. The Bertz CT molecular complexity index is 2990. The third kappa shape index (κ3) is 7.14. The van der Waals surface area contributed by atoms with E-state index < -0.39 is 23.8 Å². The number of aliphatic carboxylic acids is 2. The number of carboxylic acids is 3. The summed E-state index contributed by atoms with van der Waals surface area (Å²) in [5, 5.41) is 34.0. The fourth-order valence-electron chi connectivity index (χ4n) is 10.2. The zero-order chi connectivity index (χ0) is 44.4. The zero-order valence-electron chi connectivity index (χ0n) is 35.3. The van der Waals surface area contributed by atoms with Gasteiger partial charge in [-0.05, 0) is 148 Å². The van der Waals surface area contributed by atoms with Crippen LogP contribution in [-0.2, 0) is 36.0 Å². The molecule has 10 heteroatoms. The highest BCUT2D eigenvalue weighted by atomic mass is 16.5. The Balaban J connectivity index is 0.00000116. The van der Waals surface area contributed by atoms with Crippen molar-refractivity contribution < 1.29 is 48.7 Å². The van der Waals surface area contributed by atoms with E-state index >= 15 is 0 Å². The molecule has 6 aromatic carbocycles. The molecule has 0 amide bonds. The van der Waals surface area contributed by atoms with Gasteiger partial charge in [-0.25, -0.2) is 0 Å². The number of ether oxygens (including phenoxy) is 4. The predicted octanol–water partition coefficient (Wildman–Crippen LogP) is 6.63. The average molecular weight is 850 g/mol. The molecule has 2 unspecified atom stereocenters. The van der Waals surface area contributed by atoms with Gasteiger partial charge in [-0.15, -0.1) is 0 Å². The first-order valence-electron chi connectivity index (χ1n) is 21.2. The van der Waals surface area contributed by atoms with Crippen LogP contribution in [0.5, 0.6) is 23.0 Å². The highest BCUT2D eigenvalue weighted by molar-refractivity contribution is 5.92. The molecule has 16 heterocycles. The SMILES string of the molecule is CC(=O)[O-].CC1=C[C@H]2c3ccc4cc3C1c1ccc(cc12)OCc1ccc(c(C(=O)[O-])c1)COc1ccc2c(c1)C1C(C(=O)[O-])=C(C)[C@@H]2c2cc(ccc21)OCc1ccc(cc1)CO4. The van der Waals surface area contributed by atoms with Crippen molar-refractivity contribution in [3.05, 3.63) is 210 Å². The van der Waals surface area contributed by atoms with Gasteiger partial charge in [-0.1, -0.05) is 77.9 Å². The summed E-state index contributed by atoms with van der Waals surface area (Å²) in [6.07, 6.45) is 2.34. The van der Waals surface area contributed by atoms with E-state index in [0.29, 0.717) is 41.6 Å². The van der Waals surface area contributed by atoms with E-state index in [1.165, 1.54) is 27.8 Å². The van der Waals surface area contributed by atoms with Crippen molar-refractivity contribution in [2.24, 2.45) is 0 Å². The number of benzene rings is 6. The normalized spacial score (nSPS) is 19.5. The molecule has 0 radical (unpaired) electrons. The largest absolute Gasteiger partial charge is 0.550 e. The molecule has 0 saturated heterocycles. The van der Waals surface area contributed by atoms with Gasteiger partial charge in [-0.2, -0.15) is 0 Å². The fraction of sp³-hybridized carbons (Fsp3) is 0.204. The summed E-state index contributed by atoms with van der Waals surface area (Å²) in [4.78, 5) is 34.0. The van der Waals surface area contributed by atoms with Crippen LogP contribution in [0.15, 0.2) is 138 Å². The molecule has 16 aliphatic heterocycles. The van der Waals surface area contributed by atoms with Crippen molar-refractivity contribution in [1.82, 2.24) is 0 Å². The number of aromatic carboxylic acids is 1. The minimum atomic E-state index is -1.31. The van der Waals surface area contributed by atoms with Gasteiger partial charge in [0.15, 0.2) is 0 Å². The van der Waals surface area contributed by atoms with Crippen molar-refractivity contribution in [3.8, 4) is 23.0 Å². The standard InChI is InChI=1S/C52H40O8.C2H4O2/c1-27-17-42-37-13-9-34-20-44(37)47(27)38-14-10-33(19-43(38)42)59-25-31-7-8-32(41(18-31)51(53)54)26-60-36-11-15-39-46(22-36)50-40-16-12-35(21-45(40)48(39)28(2)49(50)52(55)56)58-24-30-5-3-29(4-6-30)23-57-34;1-2(3)4/h3-22,42,47-48,50H,23-26H2,1-2H3,(H,53,54)(H,55,56);1H3,(H,3,4)/p-3/t42-,47?,48-,50?;/m0./s1. The maximum Gasteiger partial charge on any atom is 0.120 e. The first-order chi connectivity index (χ1) is 30.9. The van der Waals surface area contributed by atoms with Gasteiger partial charge in [0, 0.05) is 35.2 Å². The lowest BCUT2D eigenvalue weighted by Crippen LogP contribution is -2.36. The summed E-state index contributed by atoms with van der Waals surface area (Å²) in [7, 11) is 0. The van der Waals surface area contributed by atoms with Crippen molar-refractivity contribution in [1.29, 1.82) is 0 Å². The minimum Gasteiger partial charge on any atom is -0.550 e. The first-order valence-corrected chi connectivity index (χ1v) is 21.2. The van der Waals surface area contributed by atoms with Crippen molar-refractivity contribution >= 4 is 17.9 Å². The number of allylic oxidation sites excluding steroid dienone is 3. The maximum absolute atomic E-state index is 12.7. The lowest BCUT2D eigenvalue weighted by Gasteiger charge is -2.43. The number of carbonyl (C=O) groups is 3. The molecule has 6 aliphatic carbocycles. The summed E-state index contributed by atoms with van der Waals surface area (Å²) in [6, 6.07) is 37.6. The Labute approximate surface area is 369 Å². The molecule has 0 N–H and O–H groups in total. The summed E-state index contributed by atoms with van der Waals surface area (Å²) >= 11 is 0. The lowest BCUT2D eigenvalue weighted by atomic mass is 9.61. The van der Waals surface area contributed by atoms with E-state index in [1.807, 2.05) is 61.5 Å². The number of hydrogen-bond donors (Lipinski definition) is 0. The average Bonchev–Trinajstić information content (AvgIpc) is 3.28. The lowest BCUT2D eigenvalue weighted by molar-refractivity contribution is -0.302. The van der Waals surface area contributed by atoms with E-state index in [1.54, 1.807) is 12.1 Å². The van der Waals surface area contributed by atoms with E-state index in [9.17, 15) is 19.8 Å². The first kappa shape index (κ1) is 40.5. The third-order valence-electron chi connectivity index (χ3n) is 13.0. The highest BCUT2D eigenvalue weighted by Gasteiger charge is 2.42. The second-order valence-corrected chi connectivity index (χ2v) is 17.0. The van der Waals surface area contributed by atoms with Gasteiger partial charge in [0.2, 0.25) is 0 Å². The third-order valence-corrected chi connectivity index (χ3v) is 13.0. The smallest absolute Gasteiger partial charge is 0.120 e. The molecule has 0 saturated carbocycles. The Morgan fingerprint density at radius 3 is 1.45 bits per heavy atom. The van der Waals surface area contributed by atoms with Gasteiger partial charge in [-0.3, -0.25) is 0 Å². The van der Waals surface area contributed by atoms with Crippen LogP contribution in [0, 0.1) is 0 Å². The maximum atomic E-state index is 12.7. The molecule has 10 nitrogen and oxygen atoms in total. The monoisotopic (exact) mass is 849 g/mol. The number of carbonyl (C=O) groups excluding carboxylic acids is 3. The van der Waals surface area contributed by atoms with Crippen molar-refractivity contribution in [2.45, 2.75) is 70.9 Å². The van der Waals surface area contributed by atoms with Crippen LogP contribution in [0.1, 0.15) is 122 Å². The second kappa shape index (κ2) is 16.0. The number of carboxylic acid groups (broad SMARTS) is 3. The Morgan fingerprint density at radius 2 is 0.906 bits per heavy atom. The van der Waals surface area contributed by atoms with E-state index in [0.717, 1.165) is 51.6 Å². The van der Waals surface area contributed by atoms with E-state index in [2.05, 4.69) is 61.5 Å². The quantitative estimate of drug-likeness (QED) is 0.173. The number of hydrogen-bond acceptors (Lipinski definition) is 10. The predicted molar refractivity (Wildman–Crippen MR) is 230 cm³/mol. The summed E-state index contributed by atoms with van der Waals surface area (Å²) in [5.41, 5.74) is 14.2. The van der Waals surface area contributed by atoms with Crippen LogP contribution in [-0.4, -0.2) is 17.9 Å². The van der Waals surface area contributed by atoms with Gasteiger partial charge >= 0.3 is 0 Å². The van der Waals surface area contributed by atoms with Gasteiger partial charge < -0.3 is 48.7 Å². The van der Waals surface area contributed by atoms with Crippen LogP contribution in [0.4, 0.5) is 0 Å². The van der Waals surface area contributed by atoms with Crippen LogP contribution in [0.2, 0.25) is 0 Å². The summed E-state index contributed by atoms with van der Waals surface area (Å²) in [5.74, 6) is -1.55.